The van der Waals surface area contributed by atoms with Gasteiger partial charge in [0, 0.05) is 31.2 Å². The first kappa shape index (κ1) is 17.9. The van der Waals surface area contributed by atoms with E-state index in [1.807, 2.05) is 0 Å². The lowest BCUT2D eigenvalue weighted by molar-refractivity contribution is -0.145. The number of carbonyl (C=O) groups is 2. The van der Waals surface area contributed by atoms with Gasteiger partial charge in [0.05, 0.1) is 24.1 Å². The zero-order chi connectivity index (χ0) is 19.0. The summed E-state index contributed by atoms with van der Waals surface area (Å²) in [7, 11) is 1.28. The third-order valence-corrected chi connectivity index (χ3v) is 4.69. The van der Waals surface area contributed by atoms with Crippen molar-refractivity contribution < 1.29 is 14.3 Å². The average molecular weight is 360 g/mol. The van der Waals surface area contributed by atoms with Gasteiger partial charge in [0.15, 0.2) is 0 Å². The number of hydrogen-bond donors (Lipinski definition) is 2. The molecule has 0 saturated carbocycles. The lowest BCUT2D eigenvalue weighted by atomic mass is 10.1. The van der Waals surface area contributed by atoms with Crippen LogP contribution in [0.25, 0.3) is 11.0 Å². The SMILES string of the molecule is CCn1c(=O)c(=O)[nH]c2cc(C(=O)N3CC(N)C(C(=O)OC)C3)ccc21. The van der Waals surface area contributed by atoms with E-state index in [-0.39, 0.29) is 19.0 Å². The van der Waals surface area contributed by atoms with Crippen molar-refractivity contribution in [3.63, 3.8) is 0 Å². The molecule has 2 atom stereocenters. The van der Waals surface area contributed by atoms with Crippen LogP contribution in [0.3, 0.4) is 0 Å². The van der Waals surface area contributed by atoms with E-state index in [0.29, 0.717) is 23.1 Å². The number of nitrogens with zero attached hydrogens (tertiary/aromatic N) is 2. The van der Waals surface area contributed by atoms with Crippen LogP contribution >= 0.6 is 0 Å². The number of aromatic amines is 1. The van der Waals surface area contributed by atoms with Gasteiger partial charge in [-0.15, -0.1) is 0 Å². The summed E-state index contributed by atoms with van der Waals surface area (Å²) < 4.78 is 6.07. The second-order valence-electron chi connectivity index (χ2n) is 6.24. The van der Waals surface area contributed by atoms with Gasteiger partial charge in [-0.3, -0.25) is 19.2 Å². The van der Waals surface area contributed by atoms with Crippen molar-refractivity contribution in [1.82, 2.24) is 14.5 Å². The van der Waals surface area contributed by atoms with Gasteiger partial charge >= 0.3 is 17.1 Å². The molecule has 3 rings (SSSR count). The van der Waals surface area contributed by atoms with Crippen LogP contribution in [0, 0.1) is 5.92 Å². The summed E-state index contributed by atoms with van der Waals surface area (Å²) in [6.07, 6.45) is 0. The monoisotopic (exact) mass is 360 g/mol. The fourth-order valence-corrected chi connectivity index (χ4v) is 3.30. The molecule has 1 aliphatic rings. The Hall–Kier alpha value is -2.94. The Morgan fingerprint density at radius 1 is 1.31 bits per heavy atom. The standard InChI is InChI=1S/C17H20N4O5/c1-3-21-13-5-4-9(6-12(13)19-14(22)16(21)24)15(23)20-7-10(11(18)8-20)17(25)26-2/h4-6,10-11H,3,7-8,18H2,1-2H3,(H,19,22). The number of hydrogen-bond acceptors (Lipinski definition) is 6. The van der Waals surface area contributed by atoms with Crippen molar-refractivity contribution in [2.24, 2.45) is 11.7 Å². The first-order chi connectivity index (χ1) is 12.4. The normalized spacial score (nSPS) is 19.7. The number of nitrogens with two attached hydrogens (primary N) is 1. The van der Waals surface area contributed by atoms with E-state index in [9.17, 15) is 19.2 Å². The highest BCUT2D eigenvalue weighted by Gasteiger charge is 2.38. The Morgan fingerprint density at radius 3 is 2.69 bits per heavy atom. The van der Waals surface area contributed by atoms with E-state index in [2.05, 4.69) is 4.98 Å². The maximum Gasteiger partial charge on any atom is 0.316 e. The van der Waals surface area contributed by atoms with Crippen LogP contribution in [0.15, 0.2) is 27.8 Å². The minimum atomic E-state index is -0.738. The van der Waals surface area contributed by atoms with Crippen LogP contribution in [-0.2, 0) is 16.1 Å². The van der Waals surface area contributed by atoms with E-state index in [0.717, 1.165) is 0 Å². The van der Waals surface area contributed by atoms with Crippen molar-refractivity contribution in [1.29, 1.82) is 0 Å². The van der Waals surface area contributed by atoms with Crippen LogP contribution in [-0.4, -0.2) is 52.6 Å². The first-order valence-electron chi connectivity index (χ1n) is 8.27. The third kappa shape index (κ3) is 2.90. The Morgan fingerprint density at radius 2 is 2.04 bits per heavy atom. The summed E-state index contributed by atoms with van der Waals surface area (Å²) in [5, 5.41) is 0. The summed E-state index contributed by atoms with van der Waals surface area (Å²) in [5.41, 5.74) is 5.85. The molecule has 1 aromatic carbocycles. The van der Waals surface area contributed by atoms with Gasteiger partial charge in [-0.1, -0.05) is 0 Å². The molecule has 2 unspecified atom stereocenters. The van der Waals surface area contributed by atoms with E-state index in [4.69, 9.17) is 10.5 Å². The number of esters is 1. The molecule has 0 spiro atoms. The smallest absolute Gasteiger partial charge is 0.316 e. The first-order valence-corrected chi connectivity index (χ1v) is 8.27. The molecule has 9 heteroatoms. The molecule has 1 amide bonds. The van der Waals surface area contributed by atoms with Crippen molar-refractivity contribution in [2.45, 2.75) is 19.5 Å². The molecule has 1 aliphatic heterocycles. The van der Waals surface area contributed by atoms with Gasteiger partial charge in [-0.25, -0.2) is 0 Å². The summed E-state index contributed by atoms with van der Waals surface area (Å²) >= 11 is 0. The average Bonchev–Trinajstić information content (AvgIpc) is 3.03. The van der Waals surface area contributed by atoms with Crippen LogP contribution in [0.5, 0.6) is 0 Å². The number of fused-ring (bicyclic) bond motifs is 1. The molecule has 1 saturated heterocycles. The Bertz CT molecular complexity index is 993. The highest BCUT2D eigenvalue weighted by Crippen LogP contribution is 2.20. The summed E-state index contributed by atoms with van der Waals surface area (Å²) in [6, 6.07) is 4.25. The minimum Gasteiger partial charge on any atom is -0.469 e. The Labute approximate surface area is 148 Å². The number of benzene rings is 1. The number of likely N-dealkylation sites (tertiary alicyclic amines) is 1. The van der Waals surface area contributed by atoms with Gasteiger partial charge in [0.1, 0.15) is 0 Å². The second-order valence-corrected chi connectivity index (χ2v) is 6.24. The van der Waals surface area contributed by atoms with E-state index in [1.54, 1.807) is 19.1 Å². The molecule has 0 radical (unpaired) electrons. The van der Waals surface area contributed by atoms with E-state index in [1.165, 1.54) is 22.6 Å². The molecule has 2 aromatic rings. The topological polar surface area (TPSA) is 127 Å². The number of aromatic nitrogens is 2. The third-order valence-electron chi connectivity index (χ3n) is 4.69. The fraction of sp³-hybridized carbons (Fsp3) is 0.412. The quantitative estimate of drug-likeness (QED) is 0.549. The maximum atomic E-state index is 12.8. The molecule has 0 aliphatic carbocycles. The Kier molecular flexibility index (Phi) is 4.64. The maximum absolute atomic E-state index is 12.8. The molecule has 1 fully saturated rings. The fourth-order valence-electron chi connectivity index (χ4n) is 3.30. The molecule has 9 nitrogen and oxygen atoms in total. The molecule has 0 bridgehead atoms. The lowest BCUT2D eigenvalue weighted by Gasteiger charge is -2.16. The van der Waals surface area contributed by atoms with E-state index >= 15 is 0 Å². The number of amides is 1. The molecule has 138 valence electrons. The number of nitrogens with one attached hydrogen (secondary N) is 1. The lowest BCUT2D eigenvalue weighted by Crippen LogP contribution is -2.36. The predicted octanol–water partition coefficient (Wildman–Crippen LogP) is -0.718. The summed E-state index contributed by atoms with van der Waals surface area (Å²) in [5.74, 6) is -1.30. The molecular formula is C17H20N4O5. The predicted molar refractivity (Wildman–Crippen MR) is 93.9 cm³/mol. The summed E-state index contributed by atoms with van der Waals surface area (Å²) in [4.78, 5) is 52.2. The molecular weight excluding hydrogens is 340 g/mol. The van der Waals surface area contributed by atoms with Gasteiger partial charge in [0.2, 0.25) is 0 Å². The second kappa shape index (κ2) is 6.75. The molecule has 1 aromatic heterocycles. The van der Waals surface area contributed by atoms with Crippen LogP contribution in [0.4, 0.5) is 0 Å². The molecule has 26 heavy (non-hydrogen) atoms. The van der Waals surface area contributed by atoms with Crippen molar-refractivity contribution in [3.8, 4) is 0 Å². The van der Waals surface area contributed by atoms with Crippen molar-refractivity contribution >= 4 is 22.9 Å². The number of rotatable bonds is 3. The zero-order valence-electron chi connectivity index (χ0n) is 14.5. The van der Waals surface area contributed by atoms with Crippen LogP contribution in [0.1, 0.15) is 17.3 Å². The highest BCUT2D eigenvalue weighted by molar-refractivity contribution is 5.98. The van der Waals surface area contributed by atoms with Gasteiger partial charge < -0.3 is 24.9 Å². The largest absolute Gasteiger partial charge is 0.469 e. The van der Waals surface area contributed by atoms with E-state index < -0.39 is 29.0 Å². The number of ether oxygens (including phenoxy) is 1. The molecule has 3 N–H and O–H groups in total. The van der Waals surface area contributed by atoms with Crippen molar-refractivity contribution in [3.05, 3.63) is 44.5 Å². The zero-order valence-corrected chi connectivity index (χ0v) is 14.5. The number of methoxy groups -OCH3 is 1. The van der Waals surface area contributed by atoms with Crippen LogP contribution in [0.2, 0.25) is 0 Å². The van der Waals surface area contributed by atoms with Gasteiger partial charge in [-0.2, -0.15) is 0 Å². The van der Waals surface area contributed by atoms with Gasteiger partial charge in [0.25, 0.3) is 5.91 Å². The highest BCUT2D eigenvalue weighted by atomic mass is 16.5. The van der Waals surface area contributed by atoms with Gasteiger partial charge in [-0.05, 0) is 25.1 Å². The van der Waals surface area contributed by atoms with Crippen LogP contribution < -0.4 is 16.9 Å². The minimum absolute atomic E-state index is 0.176. The Balaban J connectivity index is 1.95. The number of aryl methyl sites for hydroxylation is 1. The molecule has 2 heterocycles. The summed E-state index contributed by atoms with van der Waals surface area (Å²) in [6.45, 7) is 2.52. The number of H-pyrrole nitrogens is 1. The number of carbonyl (C=O) groups excluding carboxylic acids is 2. The van der Waals surface area contributed by atoms with Crippen molar-refractivity contribution in [2.75, 3.05) is 20.2 Å².